The molecule has 1 rings (SSSR count). The Morgan fingerprint density at radius 1 is 1.58 bits per heavy atom. The molecule has 4 N–H and O–H groups in total. The standard InChI is InChI=1S/C8H16N2O2/c9-7(8(11)12)5-6-1-3-10-4-2-6/h6-7,10H,1-5,9H2,(H,11,12)/t7-/m0/s1. The van der Waals surface area contributed by atoms with Gasteiger partial charge in [-0.15, -0.1) is 0 Å². The fourth-order valence-electron chi connectivity index (χ4n) is 1.58. The van der Waals surface area contributed by atoms with Crippen LogP contribution in [0.25, 0.3) is 0 Å². The molecule has 1 aliphatic rings. The maximum absolute atomic E-state index is 10.4. The first-order valence-electron chi connectivity index (χ1n) is 4.39. The smallest absolute Gasteiger partial charge is 0.320 e. The van der Waals surface area contributed by atoms with E-state index in [2.05, 4.69) is 5.32 Å². The first kappa shape index (κ1) is 9.48. The van der Waals surface area contributed by atoms with Crippen molar-refractivity contribution in [1.82, 2.24) is 5.32 Å². The van der Waals surface area contributed by atoms with Crippen LogP contribution >= 0.6 is 0 Å². The molecule has 12 heavy (non-hydrogen) atoms. The summed E-state index contributed by atoms with van der Waals surface area (Å²) >= 11 is 0. The van der Waals surface area contributed by atoms with Crippen LogP contribution in [-0.2, 0) is 4.79 Å². The van der Waals surface area contributed by atoms with Crippen molar-refractivity contribution in [3.8, 4) is 0 Å². The molecule has 0 unspecified atom stereocenters. The third-order valence-electron chi connectivity index (χ3n) is 2.36. The van der Waals surface area contributed by atoms with Gasteiger partial charge in [0.15, 0.2) is 0 Å². The van der Waals surface area contributed by atoms with E-state index in [1.165, 1.54) is 0 Å². The molecule has 1 fully saturated rings. The van der Waals surface area contributed by atoms with Gasteiger partial charge in [-0.3, -0.25) is 4.79 Å². The quantitative estimate of drug-likeness (QED) is 0.550. The Labute approximate surface area is 72.1 Å². The average molecular weight is 172 g/mol. The molecule has 0 aromatic heterocycles. The molecule has 0 aliphatic carbocycles. The predicted molar refractivity (Wildman–Crippen MR) is 45.8 cm³/mol. The van der Waals surface area contributed by atoms with E-state index < -0.39 is 12.0 Å². The van der Waals surface area contributed by atoms with E-state index in [0.717, 1.165) is 25.9 Å². The summed E-state index contributed by atoms with van der Waals surface area (Å²) in [4.78, 5) is 10.4. The maximum atomic E-state index is 10.4. The van der Waals surface area contributed by atoms with Crippen molar-refractivity contribution in [2.24, 2.45) is 11.7 Å². The lowest BCUT2D eigenvalue weighted by atomic mass is 9.91. The van der Waals surface area contributed by atoms with Gasteiger partial charge < -0.3 is 16.2 Å². The van der Waals surface area contributed by atoms with Crippen LogP contribution in [0.1, 0.15) is 19.3 Å². The van der Waals surface area contributed by atoms with Crippen LogP contribution in [0.5, 0.6) is 0 Å². The van der Waals surface area contributed by atoms with E-state index in [4.69, 9.17) is 10.8 Å². The highest BCUT2D eigenvalue weighted by molar-refractivity contribution is 5.73. The molecular formula is C8H16N2O2. The summed E-state index contributed by atoms with van der Waals surface area (Å²) in [5.41, 5.74) is 5.43. The molecule has 0 aromatic carbocycles. The highest BCUT2D eigenvalue weighted by atomic mass is 16.4. The Morgan fingerprint density at radius 3 is 2.67 bits per heavy atom. The van der Waals surface area contributed by atoms with Crippen LogP contribution in [0, 0.1) is 5.92 Å². The minimum atomic E-state index is -0.881. The molecule has 0 bridgehead atoms. The van der Waals surface area contributed by atoms with Gasteiger partial charge in [0.25, 0.3) is 0 Å². The van der Waals surface area contributed by atoms with E-state index in [-0.39, 0.29) is 0 Å². The molecule has 1 saturated heterocycles. The summed E-state index contributed by atoms with van der Waals surface area (Å²) < 4.78 is 0. The first-order valence-corrected chi connectivity index (χ1v) is 4.39. The summed E-state index contributed by atoms with van der Waals surface area (Å²) in [5.74, 6) is -0.383. The Kier molecular flexibility index (Phi) is 3.49. The number of piperidine rings is 1. The first-order chi connectivity index (χ1) is 5.70. The van der Waals surface area contributed by atoms with E-state index in [1.54, 1.807) is 0 Å². The lowest BCUT2D eigenvalue weighted by molar-refractivity contribution is -0.139. The average Bonchev–Trinajstić information content (AvgIpc) is 2.06. The van der Waals surface area contributed by atoms with Gasteiger partial charge >= 0.3 is 5.97 Å². The second-order valence-electron chi connectivity index (χ2n) is 3.37. The number of carboxylic acids is 1. The molecule has 0 radical (unpaired) electrons. The van der Waals surface area contributed by atoms with Crippen molar-refractivity contribution >= 4 is 5.97 Å². The molecular weight excluding hydrogens is 156 g/mol. The minimum absolute atomic E-state index is 0.498. The lowest BCUT2D eigenvalue weighted by Crippen LogP contribution is -2.36. The van der Waals surface area contributed by atoms with Crippen LogP contribution < -0.4 is 11.1 Å². The Balaban J connectivity index is 2.24. The number of carboxylic acid groups (broad SMARTS) is 1. The minimum Gasteiger partial charge on any atom is -0.480 e. The monoisotopic (exact) mass is 172 g/mol. The van der Waals surface area contributed by atoms with Crippen molar-refractivity contribution in [2.75, 3.05) is 13.1 Å². The van der Waals surface area contributed by atoms with Gasteiger partial charge in [0.1, 0.15) is 6.04 Å². The number of nitrogens with one attached hydrogen (secondary N) is 1. The topological polar surface area (TPSA) is 75.3 Å². The Hall–Kier alpha value is -0.610. The van der Waals surface area contributed by atoms with Crippen LogP contribution in [0.2, 0.25) is 0 Å². The zero-order valence-corrected chi connectivity index (χ0v) is 7.12. The Morgan fingerprint density at radius 2 is 2.17 bits per heavy atom. The third kappa shape index (κ3) is 2.79. The fraction of sp³-hybridized carbons (Fsp3) is 0.875. The summed E-state index contributed by atoms with van der Waals surface area (Å²) in [6.07, 6.45) is 2.74. The molecule has 0 aromatic rings. The lowest BCUT2D eigenvalue weighted by Gasteiger charge is -2.23. The Bertz CT molecular complexity index is 155. The van der Waals surface area contributed by atoms with Crippen molar-refractivity contribution in [2.45, 2.75) is 25.3 Å². The molecule has 1 atom stereocenters. The summed E-state index contributed by atoms with van der Waals surface area (Å²) in [6, 6.07) is -0.673. The van der Waals surface area contributed by atoms with Crippen LogP contribution in [0.4, 0.5) is 0 Å². The van der Waals surface area contributed by atoms with Gasteiger partial charge in [-0.05, 0) is 38.3 Å². The van der Waals surface area contributed by atoms with Crippen molar-refractivity contribution < 1.29 is 9.90 Å². The normalized spacial score (nSPS) is 22.1. The van der Waals surface area contributed by atoms with Gasteiger partial charge in [-0.2, -0.15) is 0 Å². The molecule has 4 nitrogen and oxygen atoms in total. The maximum Gasteiger partial charge on any atom is 0.320 e. The van der Waals surface area contributed by atoms with E-state index >= 15 is 0 Å². The highest BCUT2D eigenvalue weighted by Gasteiger charge is 2.19. The highest BCUT2D eigenvalue weighted by Crippen LogP contribution is 2.16. The van der Waals surface area contributed by atoms with Crippen molar-refractivity contribution in [1.29, 1.82) is 0 Å². The van der Waals surface area contributed by atoms with Gasteiger partial charge in [0, 0.05) is 0 Å². The third-order valence-corrected chi connectivity index (χ3v) is 2.36. The molecule has 1 heterocycles. The zero-order chi connectivity index (χ0) is 8.97. The number of hydrogen-bond acceptors (Lipinski definition) is 3. The molecule has 1 aliphatic heterocycles. The second-order valence-corrected chi connectivity index (χ2v) is 3.37. The molecule has 70 valence electrons. The zero-order valence-electron chi connectivity index (χ0n) is 7.12. The molecule has 4 heteroatoms. The van der Waals surface area contributed by atoms with Gasteiger partial charge in [-0.1, -0.05) is 0 Å². The van der Waals surface area contributed by atoms with E-state index in [0.29, 0.717) is 12.3 Å². The van der Waals surface area contributed by atoms with Gasteiger partial charge in [0.05, 0.1) is 0 Å². The SMILES string of the molecule is N[C@@H](CC1CCNCC1)C(=O)O. The van der Waals surface area contributed by atoms with E-state index in [9.17, 15) is 4.79 Å². The summed E-state index contributed by atoms with van der Waals surface area (Å²) in [5, 5.41) is 11.8. The number of hydrogen-bond donors (Lipinski definition) is 3. The second kappa shape index (κ2) is 4.42. The van der Waals surface area contributed by atoms with Crippen LogP contribution in [0.15, 0.2) is 0 Å². The van der Waals surface area contributed by atoms with Crippen molar-refractivity contribution in [3.05, 3.63) is 0 Å². The van der Waals surface area contributed by atoms with Crippen LogP contribution in [0.3, 0.4) is 0 Å². The molecule has 0 spiro atoms. The number of carbonyl (C=O) groups is 1. The van der Waals surface area contributed by atoms with Crippen LogP contribution in [-0.4, -0.2) is 30.2 Å². The predicted octanol–water partition coefficient (Wildman–Crippen LogP) is -0.212. The molecule has 0 saturated carbocycles. The summed E-state index contributed by atoms with van der Waals surface area (Å²) in [6.45, 7) is 1.99. The largest absolute Gasteiger partial charge is 0.480 e. The summed E-state index contributed by atoms with van der Waals surface area (Å²) in [7, 11) is 0. The van der Waals surface area contributed by atoms with Crippen molar-refractivity contribution in [3.63, 3.8) is 0 Å². The fourth-order valence-corrected chi connectivity index (χ4v) is 1.58. The van der Waals surface area contributed by atoms with Gasteiger partial charge in [0.2, 0.25) is 0 Å². The molecule has 0 amide bonds. The number of aliphatic carboxylic acids is 1. The number of nitrogens with two attached hydrogens (primary N) is 1. The number of rotatable bonds is 3. The van der Waals surface area contributed by atoms with E-state index in [1.807, 2.05) is 0 Å². The van der Waals surface area contributed by atoms with Gasteiger partial charge in [-0.25, -0.2) is 0 Å².